The molecule has 0 amide bonds. The van der Waals surface area contributed by atoms with E-state index in [4.69, 9.17) is 11.6 Å². The molecule has 5 nitrogen and oxygen atoms in total. The molecule has 0 aliphatic carbocycles. The van der Waals surface area contributed by atoms with E-state index >= 15 is 0 Å². The largest absolute Gasteiger partial charge is 0.272 e. The Hall–Kier alpha value is -2.18. The zero-order chi connectivity index (χ0) is 15.3. The van der Waals surface area contributed by atoms with E-state index < -0.39 is 0 Å². The van der Waals surface area contributed by atoms with E-state index in [1.165, 1.54) is 0 Å². The lowest BCUT2D eigenvalue weighted by Gasteiger charge is -1.98. The lowest BCUT2D eigenvalue weighted by molar-refractivity contribution is 0.741. The normalized spacial score (nSPS) is 11.4. The summed E-state index contributed by atoms with van der Waals surface area (Å²) in [6.45, 7) is 2.01. The van der Waals surface area contributed by atoms with Crippen molar-refractivity contribution in [3.05, 3.63) is 46.4 Å². The summed E-state index contributed by atoms with van der Waals surface area (Å²) in [6, 6.07) is 9.70. The predicted octanol–water partition coefficient (Wildman–Crippen LogP) is 3.82. The number of rotatable bonds is 2. The third-order valence-electron chi connectivity index (χ3n) is 3.56. The molecule has 3 aromatic heterocycles. The summed E-state index contributed by atoms with van der Waals surface area (Å²) >= 11 is 7.51. The first kappa shape index (κ1) is 13.5. The Morgan fingerprint density at radius 3 is 2.59 bits per heavy atom. The molecule has 0 N–H and O–H groups in total. The highest BCUT2D eigenvalue weighted by Crippen LogP contribution is 2.27. The van der Waals surface area contributed by atoms with Gasteiger partial charge in [-0.2, -0.15) is 10.1 Å². The molecular formula is C15H12ClN5S. The lowest BCUT2D eigenvalue weighted by Crippen LogP contribution is -1.93. The minimum Gasteiger partial charge on any atom is -0.272 e. The molecule has 7 heteroatoms. The fraction of sp³-hybridized carbons (Fsp3) is 0.133. The highest BCUT2D eigenvalue weighted by molar-refractivity contribution is 7.15. The van der Waals surface area contributed by atoms with E-state index in [1.54, 1.807) is 11.3 Å². The highest BCUT2D eigenvalue weighted by atomic mass is 35.5. The molecule has 0 aliphatic rings. The molecule has 0 fully saturated rings. The Labute approximate surface area is 135 Å². The molecule has 0 spiro atoms. The third-order valence-corrected chi connectivity index (χ3v) is 4.63. The topological polar surface area (TPSA) is 48.0 Å². The Kier molecular flexibility index (Phi) is 3.02. The van der Waals surface area contributed by atoms with E-state index in [0.717, 1.165) is 32.6 Å². The Morgan fingerprint density at radius 1 is 1.14 bits per heavy atom. The fourth-order valence-electron chi connectivity index (χ4n) is 2.28. The molecule has 0 unspecified atom stereocenters. The summed E-state index contributed by atoms with van der Waals surface area (Å²) in [4.78, 5) is 5.42. The van der Waals surface area contributed by atoms with E-state index in [1.807, 2.05) is 58.9 Å². The van der Waals surface area contributed by atoms with E-state index in [-0.39, 0.29) is 0 Å². The average molecular weight is 330 g/mol. The van der Waals surface area contributed by atoms with Crippen molar-refractivity contribution in [3.63, 3.8) is 0 Å². The molecule has 0 bridgehead atoms. The van der Waals surface area contributed by atoms with Gasteiger partial charge in [0, 0.05) is 28.7 Å². The van der Waals surface area contributed by atoms with Gasteiger partial charge in [-0.25, -0.2) is 4.52 Å². The zero-order valence-electron chi connectivity index (χ0n) is 12.0. The van der Waals surface area contributed by atoms with Crippen molar-refractivity contribution < 1.29 is 0 Å². The van der Waals surface area contributed by atoms with Crippen LogP contribution in [0.4, 0.5) is 0 Å². The molecule has 4 rings (SSSR count). The number of hydrogen-bond donors (Lipinski definition) is 0. The highest BCUT2D eigenvalue weighted by Gasteiger charge is 2.15. The SMILES string of the molecule is Cc1cc(-c2nc3scc(-c4ccc(Cl)cc4)n3n2)nn1C. The average Bonchev–Trinajstić information content (AvgIpc) is 3.15. The van der Waals surface area contributed by atoms with Crippen LogP contribution in [-0.2, 0) is 7.05 Å². The third kappa shape index (κ3) is 2.12. The van der Waals surface area contributed by atoms with Gasteiger partial charge < -0.3 is 0 Å². The van der Waals surface area contributed by atoms with Crippen LogP contribution in [0.25, 0.3) is 27.7 Å². The van der Waals surface area contributed by atoms with Gasteiger partial charge in [-0.3, -0.25) is 4.68 Å². The first-order valence-electron chi connectivity index (χ1n) is 6.73. The summed E-state index contributed by atoms with van der Waals surface area (Å²) in [5.74, 6) is 0.644. The van der Waals surface area contributed by atoms with Crippen molar-refractivity contribution in [3.8, 4) is 22.8 Å². The number of nitrogens with zero attached hydrogens (tertiary/aromatic N) is 5. The van der Waals surface area contributed by atoms with Gasteiger partial charge in [0.25, 0.3) is 0 Å². The maximum Gasteiger partial charge on any atom is 0.213 e. The Bertz CT molecular complexity index is 944. The quantitative estimate of drug-likeness (QED) is 0.561. The van der Waals surface area contributed by atoms with Gasteiger partial charge in [-0.15, -0.1) is 16.4 Å². The van der Waals surface area contributed by atoms with E-state index in [9.17, 15) is 0 Å². The maximum absolute atomic E-state index is 5.95. The van der Waals surface area contributed by atoms with Crippen LogP contribution in [0.3, 0.4) is 0 Å². The number of thiazole rings is 1. The van der Waals surface area contributed by atoms with Crippen LogP contribution in [0.1, 0.15) is 5.69 Å². The van der Waals surface area contributed by atoms with Crippen LogP contribution in [0.2, 0.25) is 5.02 Å². The van der Waals surface area contributed by atoms with Crippen LogP contribution in [-0.4, -0.2) is 24.4 Å². The summed E-state index contributed by atoms with van der Waals surface area (Å²) < 4.78 is 3.68. The zero-order valence-corrected chi connectivity index (χ0v) is 13.6. The molecule has 110 valence electrons. The number of aryl methyl sites for hydroxylation is 2. The Balaban J connectivity index is 1.83. The van der Waals surface area contributed by atoms with Gasteiger partial charge in [-0.1, -0.05) is 23.7 Å². The van der Waals surface area contributed by atoms with Crippen molar-refractivity contribution in [1.29, 1.82) is 0 Å². The Morgan fingerprint density at radius 2 is 1.91 bits per heavy atom. The molecule has 4 aromatic rings. The van der Waals surface area contributed by atoms with Gasteiger partial charge >= 0.3 is 0 Å². The van der Waals surface area contributed by atoms with Crippen molar-refractivity contribution in [2.45, 2.75) is 6.92 Å². The van der Waals surface area contributed by atoms with Gasteiger partial charge in [0.05, 0.1) is 5.69 Å². The second kappa shape index (κ2) is 4.93. The predicted molar refractivity (Wildman–Crippen MR) is 88.2 cm³/mol. The summed E-state index contributed by atoms with van der Waals surface area (Å²) in [5, 5.41) is 11.8. The monoisotopic (exact) mass is 329 g/mol. The number of benzene rings is 1. The van der Waals surface area contributed by atoms with Crippen LogP contribution < -0.4 is 0 Å². The second-order valence-electron chi connectivity index (χ2n) is 5.05. The van der Waals surface area contributed by atoms with E-state index in [2.05, 4.69) is 15.2 Å². The number of aromatic nitrogens is 5. The summed E-state index contributed by atoms with van der Waals surface area (Å²) in [6.07, 6.45) is 0. The molecule has 22 heavy (non-hydrogen) atoms. The van der Waals surface area contributed by atoms with Crippen LogP contribution in [0.5, 0.6) is 0 Å². The molecule has 0 saturated heterocycles. The molecule has 0 atom stereocenters. The maximum atomic E-state index is 5.95. The van der Waals surface area contributed by atoms with Crippen molar-refractivity contribution >= 4 is 27.9 Å². The minimum absolute atomic E-state index is 0.644. The molecule has 1 aromatic carbocycles. The number of hydrogen-bond acceptors (Lipinski definition) is 4. The summed E-state index contributed by atoms with van der Waals surface area (Å²) in [7, 11) is 1.91. The van der Waals surface area contributed by atoms with Crippen molar-refractivity contribution in [2.75, 3.05) is 0 Å². The van der Waals surface area contributed by atoms with Gasteiger partial charge in [0.2, 0.25) is 10.8 Å². The molecule has 0 aliphatic heterocycles. The van der Waals surface area contributed by atoms with Gasteiger partial charge in [0.15, 0.2) is 0 Å². The van der Waals surface area contributed by atoms with Crippen LogP contribution >= 0.6 is 22.9 Å². The smallest absolute Gasteiger partial charge is 0.213 e. The first-order chi connectivity index (χ1) is 10.6. The lowest BCUT2D eigenvalue weighted by atomic mass is 10.2. The molecule has 0 saturated carbocycles. The summed E-state index contributed by atoms with van der Waals surface area (Å²) in [5.41, 5.74) is 3.93. The number of halogens is 1. The second-order valence-corrected chi connectivity index (χ2v) is 6.33. The first-order valence-corrected chi connectivity index (χ1v) is 7.99. The van der Waals surface area contributed by atoms with E-state index in [0.29, 0.717) is 5.82 Å². The van der Waals surface area contributed by atoms with Crippen molar-refractivity contribution in [1.82, 2.24) is 24.4 Å². The number of fused-ring (bicyclic) bond motifs is 1. The molecule has 0 radical (unpaired) electrons. The standard InChI is InChI=1S/C15H12ClN5S/c1-9-7-12(18-20(9)2)14-17-15-21(19-14)13(8-22-15)10-3-5-11(16)6-4-10/h3-8H,1-2H3. The minimum atomic E-state index is 0.644. The van der Waals surface area contributed by atoms with Crippen molar-refractivity contribution in [2.24, 2.45) is 7.05 Å². The van der Waals surface area contributed by atoms with Gasteiger partial charge in [-0.05, 0) is 25.1 Å². The molecular weight excluding hydrogens is 318 g/mol. The van der Waals surface area contributed by atoms with Gasteiger partial charge in [0.1, 0.15) is 5.69 Å². The van der Waals surface area contributed by atoms with Crippen LogP contribution in [0, 0.1) is 6.92 Å². The van der Waals surface area contributed by atoms with Crippen LogP contribution in [0.15, 0.2) is 35.7 Å². The fourth-order valence-corrected chi connectivity index (χ4v) is 3.24. The molecule has 3 heterocycles.